The van der Waals surface area contributed by atoms with Crippen molar-refractivity contribution in [3.05, 3.63) is 11.6 Å². The number of aliphatic hydroxyl groups excluding tert-OH is 2. The molecule has 0 aromatic heterocycles. The van der Waals surface area contributed by atoms with E-state index in [-0.39, 0.29) is 40.5 Å². The summed E-state index contributed by atoms with van der Waals surface area (Å²) in [7, 11) is 5.68. The standard InChI is InChI=1S/C30H51BO3S/c1-8-20(11-9-10-18(2)3)26-22-16-23(32)27-28(5)14-13-25(34-35-31)19(4)21(28)12-15-29(27,6)30(22,7)17-24(26)33/h10,19-27,32-33H,8-9,11-17H2,1-7H3. The van der Waals surface area contributed by atoms with Crippen LogP contribution in [0.2, 0.25) is 0 Å². The lowest BCUT2D eigenvalue weighted by molar-refractivity contribution is -0.238. The van der Waals surface area contributed by atoms with Crippen molar-refractivity contribution in [2.75, 3.05) is 0 Å². The lowest BCUT2D eigenvalue weighted by atomic mass is 9.36. The Kier molecular flexibility index (Phi) is 8.26. The summed E-state index contributed by atoms with van der Waals surface area (Å²) in [5, 5.41) is 23.5. The molecule has 3 nitrogen and oxygen atoms in total. The average Bonchev–Trinajstić information content (AvgIpc) is 3.04. The number of hydrogen-bond donors (Lipinski definition) is 2. The van der Waals surface area contributed by atoms with Gasteiger partial charge in [0.2, 0.25) is 7.12 Å². The second-order valence-electron chi connectivity index (χ2n) is 13.9. The van der Waals surface area contributed by atoms with Crippen molar-refractivity contribution in [2.45, 2.75) is 125 Å². The number of aliphatic hydroxyl groups is 2. The number of rotatable bonds is 7. The third-order valence-corrected chi connectivity index (χ3v) is 12.6. The molecular weight excluding hydrogens is 451 g/mol. The third-order valence-electron chi connectivity index (χ3n) is 12.3. The van der Waals surface area contributed by atoms with Crippen molar-refractivity contribution < 1.29 is 14.4 Å². The van der Waals surface area contributed by atoms with Crippen LogP contribution >= 0.6 is 11.9 Å². The van der Waals surface area contributed by atoms with Crippen LogP contribution in [0.5, 0.6) is 0 Å². The molecule has 0 aliphatic heterocycles. The predicted octanol–water partition coefficient (Wildman–Crippen LogP) is 7.11. The molecule has 0 heterocycles. The first kappa shape index (κ1) is 28.1. The number of hydrogen-bond acceptors (Lipinski definition) is 4. The second kappa shape index (κ2) is 10.3. The lowest BCUT2D eigenvalue weighted by Crippen LogP contribution is -2.66. The molecule has 4 rings (SSSR count). The maximum absolute atomic E-state index is 12.0. The van der Waals surface area contributed by atoms with Crippen LogP contribution in [0.25, 0.3) is 0 Å². The van der Waals surface area contributed by atoms with Crippen molar-refractivity contribution >= 4 is 19.0 Å². The van der Waals surface area contributed by atoms with Crippen molar-refractivity contribution in [1.82, 2.24) is 0 Å². The zero-order chi connectivity index (χ0) is 25.8. The van der Waals surface area contributed by atoms with Gasteiger partial charge in [-0.05, 0) is 117 Å². The topological polar surface area (TPSA) is 49.7 Å². The summed E-state index contributed by atoms with van der Waals surface area (Å²) < 4.78 is 5.87. The van der Waals surface area contributed by atoms with Crippen LogP contribution in [0, 0.1) is 51.8 Å². The van der Waals surface area contributed by atoms with Crippen LogP contribution < -0.4 is 0 Å². The Morgan fingerprint density at radius 2 is 1.80 bits per heavy atom. The fraction of sp³-hybridized carbons (Fsp3) is 0.933. The van der Waals surface area contributed by atoms with Crippen molar-refractivity contribution in [2.24, 2.45) is 51.8 Å². The van der Waals surface area contributed by atoms with Gasteiger partial charge >= 0.3 is 0 Å². The highest BCUT2D eigenvalue weighted by Crippen LogP contribution is 2.74. The molecule has 0 bridgehead atoms. The van der Waals surface area contributed by atoms with Gasteiger partial charge in [-0.3, -0.25) is 0 Å². The van der Waals surface area contributed by atoms with Gasteiger partial charge in [-0.15, -0.1) is 0 Å². The molecule has 2 radical (unpaired) electrons. The molecule has 0 spiro atoms. The minimum absolute atomic E-state index is 0.0462. The van der Waals surface area contributed by atoms with Crippen LogP contribution in [0.1, 0.15) is 106 Å². The van der Waals surface area contributed by atoms with Crippen LogP contribution in [0.4, 0.5) is 0 Å². The molecule has 12 atom stereocenters. The normalized spacial score (nSPS) is 50.1. The monoisotopic (exact) mass is 502 g/mol. The Balaban J connectivity index is 1.64. The minimum atomic E-state index is -0.289. The Morgan fingerprint density at radius 3 is 2.43 bits per heavy atom. The van der Waals surface area contributed by atoms with Gasteiger partial charge in [-0.25, -0.2) is 0 Å². The summed E-state index contributed by atoms with van der Waals surface area (Å²) in [6, 6.07) is 0. The molecule has 5 heteroatoms. The van der Waals surface area contributed by atoms with Crippen LogP contribution in [0.15, 0.2) is 11.6 Å². The van der Waals surface area contributed by atoms with Gasteiger partial charge in [0.15, 0.2) is 0 Å². The van der Waals surface area contributed by atoms with Gasteiger partial charge in [0.05, 0.1) is 18.3 Å². The molecule has 2 N–H and O–H groups in total. The third kappa shape index (κ3) is 4.41. The predicted molar refractivity (Wildman–Crippen MR) is 148 cm³/mol. The van der Waals surface area contributed by atoms with Crippen molar-refractivity contribution in [3.63, 3.8) is 0 Å². The maximum atomic E-state index is 12.0. The van der Waals surface area contributed by atoms with Gasteiger partial charge < -0.3 is 14.4 Å². The largest absolute Gasteiger partial charge is 0.393 e. The van der Waals surface area contributed by atoms with E-state index in [9.17, 15) is 10.2 Å². The summed E-state index contributed by atoms with van der Waals surface area (Å²) in [4.78, 5) is 0. The van der Waals surface area contributed by atoms with Gasteiger partial charge in [0.25, 0.3) is 0 Å². The summed E-state index contributed by atoms with van der Waals surface area (Å²) >= 11 is 1.02. The van der Waals surface area contributed by atoms with Crippen LogP contribution in [-0.4, -0.2) is 35.6 Å². The molecule has 0 aromatic rings. The van der Waals surface area contributed by atoms with Gasteiger partial charge in [-0.2, -0.15) is 0 Å². The molecule has 4 saturated carbocycles. The Hall–Kier alpha value is 0.0349. The van der Waals surface area contributed by atoms with Crippen molar-refractivity contribution in [3.8, 4) is 0 Å². The minimum Gasteiger partial charge on any atom is -0.393 e. The van der Waals surface area contributed by atoms with E-state index in [0.717, 1.165) is 63.3 Å². The first-order valence-corrected chi connectivity index (χ1v) is 15.3. The molecule has 198 valence electrons. The molecule has 4 aliphatic carbocycles. The number of fused-ring (bicyclic) bond motifs is 5. The smallest absolute Gasteiger partial charge is 0.203 e. The van der Waals surface area contributed by atoms with Crippen LogP contribution in [0.3, 0.4) is 0 Å². The quantitative estimate of drug-likeness (QED) is 0.221. The number of allylic oxidation sites excluding steroid dienone is 2. The van der Waals surface area contributed by atoms with Gasteiger partial charge in [-0.1, -0.05) is 64.6 Å². The molecule has 12 unspecified atom stereocenters. The Labute approximate surface area is 221 Å². The molecule has 4 fully saturated rings. The Bertz CT molecular complexity index is 786. The van der Waals surface area contributed by atoms with E-state index >= 15 is 0 Å². The van der Waals surface area contributed by atoms with E-state index in [1.165, 1.54) is 12.0 Å². The van der Waals surface area contributed by atoms with E-state index < -0.39 is 0 Å². The molecule has 4 aliphatic rings. The van der Waals surface area contributed by atoms with Gasteiger partial charge in [0, 0.05) is 0 Å². The van der Waals surface area contributed by atoms with Crippen LogP contribution in [-0.2, 0) is 4.18 Å². The molecule has 0 amide bonds. The highest BCUT2D eigenvalue weighted by atomic mass is 32.2. The van der Waals surface area contributed by atoms with E-state index in [1.807, 2.05) is 0 Å². The average molecular weight is 503 g/mol. The SMILES string of the molecule is [B]SOC1CCC2(C)C(CCC3(C)C2C(O)CC2C(C(CC)CCC=C(C)C)C(O)CC23C)C1C. The highest BCUT2D eigenvalue weighted by Gasteiger charge is 2.71. The summed E-state index contributed by atoms with van der Waals surface area (Å²) in [5.74, 6) is 2.51. The fourth-order valence-corrected chi connectivity index (χ4v) is 11.0. The summed E-state index contributed by atoms with van der Waals surface area (Å²) in [6.07, 6.45) is 11.6. The van der Waals surface area contributed by atoms with E-state index in [0.29, 0.717) is 29.6 Å². The van der Waals surface area contributed by atoms with E-state index in [2.05, 4.69) is 54.5 Å². The Morgan fingerprint density at radius 1 is 1.09 bits per heavy atom. The maximum Gasteiger partial charge on any atom is 0.203 e. The van der Waals surface area contributed by atoms with Crippen molar-refractivity contribution in [1.29, 1.82) is 0 Å². The molecule has 0 saturated heterocycles. The zero-order valence-corrected chi connectivity index (χ0v) is 24.2. The lowest BCUT2D eigenvalue weighted by Gasteiger charge is -2.69. The highest BCUT2D eigenvalue weighted by molar-refractivity contribution is 8.15. The van der Waals surface area contributed by atoms with Gasteiger partial charge in [0.1, 0.15) is 0 Å². The second-order valence-corrected chi connectivity index (χ2v) is 14.3. The van der Waals surface area contributed by atoms with E-state index in [4.69, 9.17) is 11.3 Å². The molecule has 35 heavy (non-hydrogen) atoms. The molecular formula is C30H51BO3S. The summed E-state index contributed by atoms with van der Waals surface area (Å²) in [5.41, 5.74) is 1.60. The fourth-order valence-electron chi connectivity index (χ4n) is 10.6. The first-order valence-electron chi connectivity index (χ1n) is 14.5. The zero-order valence-electron chi connectivity index (χ0n) is 23.4. The first-order chi connectivity index (χ1) is 16.4. The molecule has 0 aromatic carbocycles. The summed E-state index contributed by atoms with van der Waals surface area (Å²) in [6.45, 7) is 16.5. The van der Waals surface area contributed by atoms with E-state index in [1.54, 1.807) is 0 Å².